The van der Waals surface area contributed by atoms with E-state index >= 15 is 0 Å². The maximum absolute atomic E-state index is 12.8. The van der Waals surface area contributed by atoms with Gasteiger partial charge in [0.2, 0.25) is 5.56 Å². The Kier molecular flexibility index (Phi) is 3.56. The van der Waals surface area contributed by atoms with Gasteiger partial charge < -0.3 is 4.98 Å². The Morgan fingerprint density at radius 3 is 1.81 bits per heavy atom. The molecule has 2 rings (SSSR count). The molecule has 0 aliphatic rings. The average Bonchev–Trinajstić information content (AvgIpc) is 2.37. The zero-order chi connectivity index (χ0) is 15.8. The Balaban J connectivity index is 2.55. The van der Waals surface area contributed by atoms with Gasteiger partial charge in [0.1, 0.15) is 5.69 Å². The Hall–Kier alpha value is -2.25. The standard InChI is InChI=1S/C13H7F6NO/c14-12(15,16)8-3-1-7(2-4-8)9-5-6-10(21)20-11(9)13(17,18)19/h1-6H,(H,20,21). The number of benzene rings is 1. The highest BCUT2D eigenvalue weighted by molar-refractivity contribution is 5.66. The Morgan fingerprint density at radius 2 is 1.33 bits per heavy atom. The fourth-order valence-corrected chi connectivity index (χ4v) is 1.78. The summed E-state index contributed by atoms with van der Waals surface area (Å²) in [5, 5.41) is 0. The minimum atomic E-state index is -4.82. The van der Waals surface area contributed by atoms with Crippen molar-refractivity contribution in [3.63, 3.8) is 0 Å². The quantitative estimate of drug-likeness (QED) is 0.791. The predicted octanol–water partition coefficient (Wildman–Crippen LogP) is 4.08. The molecule has 0 saturated carbocycles. The molecular weight excluding hydrogens is 300 g/mol. The van der Waals surface area contributed by atoms with E-state index in [4.69, 9.17) is 0 Å². The summed E-state index contributed by atoms with van der Waals surface area (Å²) in [6, 6.07) is 5.01. The summed E-state index contributed by atoms with van der Waals surface area (Å²) in [6.45, 7) is 0. The van der Waals surface area contributed by atoms with Crippen LogP contribution in [0.25, 0.3) is 11.1 Å². The predicted molar refractivity (Wildman–Crippen MR) is 62.5 cm³/mol. The Bertz CT molecular complexity index is 696. The first kappa shape index (κ1) is 15.1. The number of pyridine rings is 1. The second-order valence-corrected chi connectivity index (χ2v) is 4.18. The van der Waals surface area contributed by atoms with Crippen molar-refractivity contribution < 1.29 is 26.3 Å². The van der Waals surface area contributed by atoms with Crippen LogP contribution in [0.15, 0.2) is 41.2 Å². The molecule has 0 bridgehead atoms. The number of rotatable bonds is 1. The van der Waals surface area contributed by atoms with Crippen molar-refractivity contribution in [2.45, 2.75) is 12.4 Å². The van der Waals surface area contributed by atoms with E-state index < -0.39 is 34.7 Å². The van der Waals surface area contributed by atoms with Gasteiger partial charge in [0.05, 0.1) is 5.56 Å². The van der Waals surface area contributed by atoms with Gasteiger partial charge in [0, 0.05) is 11.6 Å². The summed E-state index contributed by atoms with van der Waals surface area (Å²) in [5.41, 5.74) is -3.68. The van der Waals surface area contributed by atoms with Crippen molar-refractivity contribution in [2.75, 3.05) is 0 Å². The van der Waals surface area contributed by atoms with Crippen molar-refractivity contribution in [2.24, 2.45) is 0 Å². The first-order chi connectivity index (χ1) is 9.59. The van der Waals surface area contributed by atoms with E-state index in [0.717, 1.165) is 24.3 Å². The van der Waals surface area contributed by atoms with E-state index in [2.05, 4.69) is 0 Å². The monoisotopic (exact) mass is 307 g/mol. The maximum Gasteiger partial charge on any atom is 0.431 e. The molecule has 1 aromatic heterocycles. The summed E-state index contributed by atoms with van der Waals surface area (Å²) in [5.74, 6) is 0. The van der Waals surface area contributed by atoms with Gasteiger partial charge >= 0.3 is 12.4 Å². The molecular formula is C13H7F6NO. The number of nitrogens with one attached hydrogen (secondary N) is 1. The molecule has 0 aliphatic carbocycles. The van der Waals surface area contributed by atoms with Gasteiger partial charge in [-0.15, -0.1) is 0 Å². The van der Waals surface area contributed by atoms with Gasteiger partial charge in [0.25, 0.3) is 0 Å². The highest BCUT2D eigenvalue weighted by Crippen LogP contribution is 2.36. The summed E-state index contributed by atoms with van der Waals surface area (Å²) in [7, 11) is 0. The molecule has 2 nitrogen and oxygen atoms in total. The number of aromatic amines is 1. The molecule has 21 heavy (non-hydrogen) atoms. The van der Waals surface area contributed by atoms with Crippen LogP contribution < -0.4 is 5.56 Å². The van der Waals surface area contributed by atoms with E-state index in [9.17, 15) is 31.1 Å². The van der Waals surface area contributed by atoms with Crippen LogP contribution in [-0.2, 0) is 12.4 Å². The lowest BCUT2D eigenvalue weighted by Gasteiger charge is -2.13. The molecule has 0 radical (unpaired) electrons. The minimum Gasteiger partial charge on any atom is -0.318 e. The molecule has 0 fully saturated rings. The second kappa shape index (κ2) is 4.94. The molecule has 0 saturated heterocycles. The molecule has 8 heteroatoms. The third kappa shape index (κ3) is 3.26. The maximum atomic E-state index is 12.8. The van der Waals surface area contributed by atoms with Crippen molar-refractivity contribution in [3.8, 4) is 11.1 Å². The van der Waals surface area contributed by atoms with Crippen molar-refractivity contribution in [1.82, 2.24) is 4.98 Å². The molecule has 0 amide bonds. The van der Waals surface area contributed by atoms with Crippen LogP contribution in [-0.4, -0.2) is 4.98 Å². The lowest BCUT2D eigenvalue weighted by atomic mass is 10.0. The normalized spacial score (nSPS) is 12.5. The summed E-state index contributed by atoms with van der Waals surface area (Å²) < 4.78 is 75.7. The van der Waals surface area contributed by atoms with Gasteiger partial charge in [-0.25, -0.2) is 0 Å². The van der Waals surface area contributed by atoms with Crippen LogP contribution in [0, 0.1) is 0 Å². The Labute approximate surface area is 114 Å². The Morgan fingerprint density at radius 1 is 0.762 bits per heavy atom. The topological polar surface area (TPSA) is 32.9 Å². The number of H-pyrrole nitrogens is 1. The van der Waals surface area contributed by atoms with Gasteiger partial charge in [-0.05, 0) is 23.8 Å². The number of halogens is 6. The molecule has 0 spiro atoms. The second-order valence-electron chi connectivity index (χ2n) is 4.18. The number of alkyl halides is 6. The zero-order valence-corrected chi connectivity index (χ0v) is 10.1. The van der Waals surface area contributed by atoms with E-state index in [1.54, 1.807) is 4.98 Å². The van der Waals surface area contributed by atoms with Crippen LogP contribution in [0.4, 0.5) is 26.3 Å². The fraction of sp³-hybridized carbons (Fsp3) is 0.154. The molecule has 2 aromatic rings. The van der Waals surface area contributed by atoms with Gasteiger partial charge in [0.15, 0.2) is 0 Å². The molecule has 112 valence electrons. The van der Waals surface area contributed by atoms with Crippen molar-refractivity contribution >= 4 is 0 Å². The lowest BCUT2D eigenvalue weighted by Crippen LogP contribution is -2.17. The van der Waals surface area contributed by atoms with E-state index in [0.29, 0.717) is 12.1 Å². The van der Waals surface area contributed by atoms with Gasteiger partial charge in [-0.1, -0.05) is 12.1 Å². The zero-order valence-electron chi connectivity index (χ0n) is 10.1. The first-order valence-electron chi connectivity index (χ1n) is 5.57. The van der Waals surface area contributed by atoms with Crippen LogP contribution in [0.3, 0.4) is 0 Å². The van der Waals surface area contributed by atoms with Crippen LogP contribution >= 0.6 is 0 Å². The SMILES string of the molecule is O=c1ccc(-c2ccc(C(F)(F)F)cc2)c(C(F)(F)F)[nH]1. The number of aromatic nitrogens is 1. The van der Waals surface area contributed by atoms with E-state index in [1.165, 1.54) is 0 Å². The smallest absolute Gasteiger partial charge is 0.318 e. The highest BCUT2D eigenvalue weighted by Gasteiger charge is 2.35. The molecule has 0 atom stereocenters. The molecule has 0 aliphatic heterocycles. The average molecular weight is 307 g/mol. The molecule has 1 aromatic carbocycles. The van der Waals surface area contributed by atoms with Gasteiger partial charge in [-0.2, -0.15) is 26.3 Å². The van der Waals surface area contributed by atoms with E-state index in [-0.39, 0.29) is 5.56 Å². The van der Waals surface area contributed by atoms with Crippen molar-refractivity contribution in [1.29, 1.82) is 0 Å². The number of hydrogen-bond acceptors (Lipinski definition) is 1. The van der Waals surface area contributed by atoms with Crippen molar-refractivity contribution in [3.05, 3.63) is 58.0 Å². The first-order valence-corrected chi connectivity index (χ1v) is 5.57. The third-order valence-electron chi connectivity index (χ3n) is 2.73. The van der Waals surface area contributed by atoms with E-state index in [1.807, 2.05) is 0 Å². The highest BCUT2D eigenvalue weighted by atomic mass is 19.4. The molecule has 0 unspecified atom stereocenters. The minimum absolute atomic E-state index is 0.0772. The summed E-state index contributed by atoms with van der Waals surface area (Å²) >= 11 is 0. The summed E-state index contributed by atoms with van der Waals surface area (Å²) in [4.78, 5) is 12.7. The number of hydrogen-bond donors (Lipinski definition) is 1. The van der Waals surface area contributed by atoms with Gasteiger partial charge in [-0.3, -0.25) is 4.79 Å². The molecule has 1 heterocycles. The lowest BCUT2D eigenvalue weighted by molar-refractivity contribution is -0.141. The third-order valence-corrected chi connectivity index (χ3v) is 2.73. The fourth-order valence-electron chi connectivity index (χ4n) is 1.78. The van der Waals surface area contributed by atoms with Crippen LogP contribution in [0.5, 0.6) is 0 Å². The largest absolute Gasteiger partial charge is 0.431 e. The van der Waals surface area contributed by atoms with Crippen LogP contribution in [0.2, 0.25) is 0 Å². The summed E-state index contributed by atoms with van der Waals surface area (Å²) in [6.07, 6.45) is -9.39. The van der Waals surface area contributed by atoms with Crippen LogP contribution in [0.1, 0.15) is 11.3 Å². The molecule has 1 N–H and O–H groups in total.